The summed E-state index contributed by atoms with van der Waals surface area (Å²) in [6, 6.07) is 1.13. The van der Waals surface area contributed by atoms with Crippen LogP contribution in [-0.2, 0) is 22.6 Å². The number of carboxylic acid groups (broad SMARTS) is 1. The lowest BCUT2D eigenvalue weighted by Crippen LogP contribution is -2.32. The van der Waals surface area contributed by atoms with Crippen molar-refractivity contribution >= 4 is 28.3 Å². The van der Waals surface area contributed by atoms with Crippen molar-refractivity contribution in [2.24, 2.45) is 0 Å². The number of anilines is 1. The van der Waals surface area contributed by atoms with Crippen LogP contribution in [0.25, 0.3) is 0 Å². The molecule has 0 aliphatic carbocycles. The second kappa shape index (κ2) is 6.13. The molecule has 9 nitrogen and oxygen atoms in total. The summed E-state index contributed by atoms with van der Waals surface area (Å²) in [6.07, 6.45) is 0.976. The number of thiazole rings is 1. The number of carbonyl (C=O) groups is 2. The first-order valence-corrected chi connectivity index (χ1v) is 6.58. The van der Waals surface area contributed by atoms with Crippen molar-refractivity contribution in [2.75, 3.05) is 5.32 Å². The lowest BCUT2D eigenvalue weighted by Gasteiger charge is -2.03. The largest absolute Gasteiger partial charge is 0.481 e. The van der Waals surface area contributed by atoms with E-state index in [0.717, 1.165) is 22.0 Å². The number of aromatic amines is 1. The number of hydrogen-bond acceptors (Lipinski definition) is 6. The average molecular weight is 310 g/mol. The van der Waals surface area contributed by atoms with Crippen LogP contribution in [0.3, 0.4) is 0 Å². The maximum Gasteiger partial charge on any atom is 0.328 e. The van der Waals surface area contributed by atoms with Gasteiger partial charge in [0.25, 0.3) is 5.56 Å². The number of aliphatic carboxylic acids is 1. The van der Waals surface area contributed by atoms with Crippen molar-refractivity contribution in [1.82, 2.24) is 14.5 Å². The predicted molar refractivity (Wildman–Crippen MR) is 73.4 cm³/mol. The highest BCUT2D eigenvalue weighted by Gasteiger charge is 2.10. The molecule has 2 aromatic heterocycles. The Kier molecular flexibility index (Phi) is 4.28. The van der Waals surface area contributed by atoms with Crippen LogP contribution in [-0.4, -0.2) is 31.5 Å². The average Bonchev–Trinajstić information content (AvgIpc) is 2.79. The van der Waals surface area contributed by atoms with Crippen molar-refractivity contribution in [3.63, 3.8) is 0 Å². The minimum atomic E-state index is -1.02. The summed E-state index contributed by atoms with van der Waals surface area (Å²) in [6.45, 7) is -0.288. The van der Waals surface area contributed by atoms with Crippen molar-refractivity contribution < 1.29 is 14.7 Å². The van der Waals surface area contributed by atoms with E-state index in [9.17, 15) is 19.2 Å². The zero-order valence-electron chi connectivity index (χ0n) is 10.5. The van der Waals surface area contributed by atoms with Gasteiger partial charge in [0.05, 0.1) is 12.1 Å². The number of nitrogens with zero attached hydrogens (tertiary/aromatic N) is 2. The third-order valence-corrected chi connectivity index (χ3v) is 3.15. The number of hydrogen-bond donors (Lipinski definition) is 3. The minimum absolute atomic E-state index is 0.230. The molecule has 0 aliphatic rings. The highest BCUT2D eigenvalue weighted by molar-refractivity contribution is 7.13. The standard InChI is InChI=1S/C11H10N4O5S/c16-7-1-2-15(11(20)14-7)4-8(17)13-10-12-6(5-21-10)3-9(18)19/h1-2,5H,3-4H2,(H,18,19)(H,12,13,17)(H,14,16,20). The molecule has 0 spiro atoms. The van der Waals surface area contributed by atoms with Gasteiger partial charge in [-0.05, 0) is 0 Å². The Morgan fingerprint density at radius 2 is 2.19 bits per heavy atom. The van der Waals surface area contributed by atoms with E-state index in [4.69, 9.17) is 5.11 Å². The molecule has 110 valence electrons. The van der Waals surface area contributed by atoms with E-state index >= 15 is 0 Å². The molecule has 0 aliphatic heterocycles. The van der Waals surface area contributed by atoms with E-state index in [0.29, 0.717) is 5.69 Å². The number of carbonyl (C=O) groups excluding carboxylic acids is 1. The minimum Gasteiger partial charge on any atom is -0.481 e. The fraction of sp³-hybridized carbons (Fsp3) is 0.182. The molecule has 0 saturated heterocycles. The normalized spacial score (nSPS) is 10.3. The van der Waals surface area contributed by atoms with Crippen LogP contribution in [0, 0.1) is 0 Å². The zero-order valence-corrected chi connectivity index (χ0v) is 11.3. The maximum absolute atomic E-state index is 11.7. The molecule has 0 atom stereocenters. The molecule has 0 saturated carbocycles. The monoisotopic (exact) mass is 310 g/mol. The Bertz CT molecular complexity index is 790. The fourth-order valence-corrected chi connectivity index (χ4v) is 2.21. The number of H-pyrrole nitrogens is 1. The Morgan fingerprint density at radius 3 is 2.86 bits per heavy atom. The molecule has 21 heavy (non-hydrogen) atoms. The molecule has 0 fully saturated rings. The molecule has 1 amide bonds. The van der Waals surface area contributed by atoms with Crippen LogP contribution in [0.4, 0.5) is 5.13 Å². The van der Waals surface area contributed by atoms with Gasteiger partial charge in [-0.25, -0.2) is 9.78 Å². The van der Waals surface area contributed by atoms with Crippen LogP contribution >= 0.6 is 11.3 Å². The van der Waals surface area contributed by atoms with Crippen molar-refractivity contribution in [1.29, 1.82) is 0 Å². The van der Waals surface area contributed by atoms with E-state index < -0.39 is 23.1 Å². The van der Waals surface area contributed by atoms with Gasteiger partial charge in [-0.3, -0.25) is 23.9 Å². The van der Waals surface area contributed by atoms with E-state index in [2.05, 4.69) is 10.3 Å². The molecule has 0 radical (unpaired) electrons. The summed E-state index contributed by atoms with van der Waals surface area (Å²) in [5, 5.41) is 12.8. The van der Waals surface area contributed by atoms with Crippen molar-refractivity contribution in [3.05, 3.63) is 44.2 Å². The summed E-state index contributed by atoms with van der Waals surface area (Å²) in [5.74, 6) is -1.53. The molecule has 3 N–H and O–H groups in total. The van der Waals surface area contributed by atoms with Crippen LogP contribution in [0.2, 0.25) is 0 Å². The first-order chi connectivity index (χ1) is 9.94. The van der Waals surface area contributed by atoms with E-state index in [-0.39, 0.29) is 18.1 Å². The van der Waals surface area contributed by atoms with Crippen LogP contribution in [0.1, 0.15) is 5.69 Å². The molecule has 0 bridgehead atoms. The van der Waals surface area contributed by atoms with Gasteiger partial charge in [-0.1, -0.05) is 0 Å². The molecule has 10 heteroatoms. The van der Waals surface area contributed by atoms with Crippen molar-refractivity contribution in [3.8, 4) is 0 Å². The molecule has 0 aromatic carbocycles. The Hall–Kier alpha value is -2.75. The van der Waals surface area contributed by atoms with Crippen LogP contribution in [0.15, 0.2) is 27.2 Å². The number of rotatable bonds is 5. The fourth-order valence-electron chi connectivity index (χ4n) is 1.48. The number of carboxylic acids is 1. The Morgan fingerprint density at radius 1 is 1.43 bits per heavy atom. The van der Waals surface area contributed by atoms with E-state index in [1.54, 1.807) is 0 Å². The van der Waals surface area contributed by atoms with Gasteiger partial charge in [-0.15, -0.1) is 11.3 Å². The van der Waals surface area contributed by atoms with Crippen molar-refractivity contribution in [2.45, 2.75) is 13.0 Å². The summed E-state index contributed by atoms with van der Waals surface area (Å²) < 4.78 is 1.03. The summed E-state index contributed by atoms with van der Waals surface area (Å²) in [5.41, 5.74) is -0.901. The SMILES string of the molecule is O=C(O)Cc1csc(NC(=O)Cn2ccc(=O)[nH]c2=O)n1. The zero-order chi connectivity index (χ0) is 15.4. The lowest BCUT2D eigenvalue weighted by molar-refractivity contribution is -0.136. The number of aromatic nitrogens is 3. The molecular weight excluding hydrogens is 300 g/mol. The van der Waals surface area contributed by atoms with Crippen LogP contribution in [0.5, 0.6) is 0 Å². The van der Waals surface area contributed by atoms with Gasteiger partial charge in [0.15, 0.2) is 5.13 Å². The van der Waals surface area contributed by atoms with Crippen LogP contribution < -0.4 is 16.6 Å². The quantitative estimate of drug-likeness (QED) is 0.666. The van der Waals surface area contributed by atoms with Gasteiger partial charge < -0.3 is 10.4 Å². The Balaban J connectivity index is 2.01. The van der Waals surface area contributed by atoms with Gasteiger partial charge in [0.1, 0.15) is 6.54 Å². The molecular formula is C11H10N4O5S. The van der Waals surface area contributed by atoms with E-state index in [1.807, 2.05) is 4.98 Å². The molecule has 2 aromatic rings. The van der Waals surface area contributed by atoms with E-state index in [1.165, 1.54) is 11.6 Å². The highest BCUT2D eigenvalue weighted by Crippen LogP contribution is 2.15. The molecule has 2 heterocycles. The molecule has 0 unspecified atom stereocenters. The van der Waals surface area contributed by atoms with Gasteiger partial charge in [-0.2, -0.15) is 0 Å². The Labute approximate surface area is 120 Å². The first-order valence-electron chi connectivity index (χ1n) is 5.70. The maximum atomic E-state index is 11.7. The third kappa shape index (κ3) is 4.11. The second-order valence-electron chi connectivity index (χ2n) is 4.00. The second-order valence-corrected chi connectivity index (χ2v) is 4.86. The first kappa shape index (κ1) is 14.7. The summed E-state index contributed by atoms with van der Waals surface area (Å²) in [7, 11) is 0. The third-order valence-electron chi connectivity index (χ3n) is 2.34. The number of nitrogens with one attached hydrogen (secondary N) is 2. The molecule has 2 rings (SSSR count). The van der Waals surface area contributed by atoms with Gasteiger partial charge in [0.2, 0.25) is 5.91 Å². The van der Waals surface area contributed by atoms with Gasteiger partial charge >= 0.3 is 11.7 Å². The highest BCUT2D eigenvalue weighted by atomic mass is 32.1. The number of amides is 1. The summed E-state index contributed by atoms with van der Waals surface area (Å²) in [4.78, 5) is 50.5. The predicted octanol–water partition coefficient (Wildman–Crippen LogP) is -0.741. The smallest absolute Gasteiger partial charge is 0.328 e. The lowest BCUT2D eigenvalue weighted by atomic mass is 10.3. The summed E-state index contributed by atoms with van der Waals surface area (Å²) >= 11 is 1.09. The topological polar surface area (TPSA) is 134 Å². The van der Waals surface area contributed by atoms with Gasteiger partial charge in [0, 0.05) is 17.6 Å².